The van der Waals surface area contributed by atoms with E-state index in [0.717, 1.165) is 0 Å². The Bertz CT molecular complexity index is 346. The van der Waals surface area contributed by atoms with Crippen molar-refractivity contribution in [1.29, 1.82) is 0 Å². The number of hydrogen-bond donors (Lipinski definition) is 2. The molecule has 0 saturated carbocycles. The van der Waals surface area contributed by atoms with Crippen LogP contribution in [0.1, 0.15) is 22.8 Å². The smallest absolute Gasteiger partial charge is 0.336 e. The normalized spacial score (nSPS) is 10.2. The minimum Gasteiger partial charge on any atom is -0.508 e. The molecule has 1 aromatic carbocycles. The van der Waals surface area contributed by atoms with E-state index in [1.165, 1.54) is 18.2 Å². The summed E-state index contributed by atoms with van der Waals surface area (Å²) < 4.78 is 5.12. The Hall–Kier alpha value is -1.55. The molecule has 2 N–H and O–H groups in total. The van der Waals surface area contributed by atoms with E-state index < -0.39 is 5.97 Å². The van der Waals surface area contributed by atoms with Gasteiger partial charge in [0.25, 0.3) is 0 Å². The van der Waals surface area contributed by atoms with Gasteiger partial charge in [0.1, 0.15) is 5.75 Å². The van der Waals surface area contributed by atoms with Crippen molar-refractivity contribution in [2.45, 2.75) is 13.3 Å². The molecule has 0 atom stereocenters. The van der Waals surface area contributed by atoms with E-state index in [-0.39, 0.29) is 11.3 Å². The van der Waals surface area contributed by atoms with Crippen LogP contribution >= 0.6 is 0 Å². The largest absolute Gasteiger partial charge is 0.508 e. The maximum absolute atomic E-state index is 10.9. The molecular weight excluding hydrogens is 196 g/mol. The Morgan fingerprint density at radius 3 is 2.80 bits per heavy atom. The quantitative estimate of drug-likeness (QED) is 0.725. The number of carboxylic acid groups (broad SMARTS) is 1. The fourth-order valence-electron chi connectivity index (χ4n) is 1.36. The van der Waals surface area contributed by atoms with E-state index in [1.54, 1.807) is 0 Å². The lowest BCUT2D eigenvalue weighted by Crippen LogP contribution is -2.06. The molecule has 4 nitrogen and oxygen atoms in total. The number of carbonyl (C=O) groups is 1. The highest BCUT2D eigenvalue weighted by Crippen LogP contribution is 2.21. The molecule has 0 aliphatic heterocycles. The maximum atomic E-state index is 10.9. The molecule has 1 rings (SSSR count). The predicted molar refractivity (Wildman–Crippen MR) is 55.3 cm³/mol. The fourth-order valence-corrected chi connectivity index (χ4v) is 1.36. The SMILES string of the molecule is CCOCCc1c(O)cccc1C(=O)O. The second kappa shape index (κ2) is 5.36. The molecule has 0 spiro atoms. The molecule has 0 bridgehead atoms. The van der Waals surface area contributed by atoms with Crippen molar-refractivity contribution < 1.29 is 19.7 Å². The summed E-state index contributed by atoms with van der Waals surface area (Å²) in [4.78, 5) is 10.9. The molecule has 0 amide bonds. The van der Waals surface area contributed by atoms with E-state index in [9.17, 15) is 9.90 Å². The van der Waals surface area contributed by atoms with Crippen LogP contribution < -0.4 is 0 Å². The van der Waals surface area contributed by atoms with Crippen molar-refractivity contribution in [1.82, 2.24) is 0 Å². The molecule has 0 fully saturated rings. The van der Waals surface area contributed by atoms with Gasteiger partial charge >= 0.3 is 5.97 Å². The molecular formula is C11H14O4. The first-order chi connectivity index (χ1) is 7.16. The summed E-state index contributed by atoms with van der Waals surface area (Å²) in [5, 5.41) is 18.4. The van der Waals surface area contributed by atoms with Crippen LogP contribution in [0.15, 0.2) is 18.2 Å². The lowest BCUT2D eigenvalue weighted by molar-refractivity contribution is 0.0694. The first-order valence-corrected chi connectivity index (χ1v) is 4.78. The number of rotatable bonds is 5. The molecule has 1 aromatic rings. The van der Waals surface area contributed by atoms with Crippen molar-refractivity contribution in [3.8, 4) is 5.75 Å². The van der Waals surface area contributed by atoms with Crippen LogP contribution in [0, 0.1) is 0 Å². The number of hydrogen-bond acceptors (Lipinski definition) is 3. The third-order valence-corrected chi connectivity index (χ3v) is 2.08. The van der Waals surface area contributed by atoms with E-state index in [0.29, 0.717) is 25.2 Å². The molecule has 0 unspecified atom stereocenters. The maximum Gasteiger partial charge on any atom is 0.336 e. The minimum absolute atomic E-state index is 0.00889. The Morgan fingerprint density at radius 2 is 2.20 bits per heavy atom. The fraction of sp³-hybridized carbons (Fsp3) is 0.364. The van der Waals surface area contributed by atoms with Crippen molar-refractivity contribution in [3.63, 3.8) is 0 Å². The summed E-state index contributed by atoms with van der Waals surface area (Å²) in [7, 11) is 0. The van der Waals surface area contributed by atoms with Crippen molar-refractivity contribution in [2.24, 2.45) is 0 Å². The highest BCUT2D eigenvalue weighted by Gasteiger charge is 2.12. The van der Waals surface area contributed by atoms with Gasteiger partial charge in [0, 0.05) is 18.6 Å². The topological polar surface area (TPSA) is 66.8 Å². The van der Waals surface area contributed by atoms with Crippen LogP contribution in [0.2, 0.25) is 0 Å². The molecule has 0 aliphatic rings. The second-order valence-corrected chi connectivity index (χ2v) is 3.06. The summed E-state index contributed by atoms with van der Waals surface area (Å²) in [6.07, 6.45) is 0.405. The van der Waals surface area contributed by atoms with Gasteiger partial charge in [-0.25, -0.2) is 4.79 Å². The number of carboxylic acids is 1. The third kappa shape index (κ3) is 2.95. The summed E-state index contributed by atoms with van der Waals surface area (Å²) in [6.45, 7) is 2.85. The molecule has 82 valence electrons. The number of aromatic carboxylic acids is 1. The Labute approximate surface area is 88.1 Å². The lowest BCUT2D eigenvalue weighted by Gasteiger charge is -2.08. The van der Waals surface area contributed by atoms with Gasteiger partial charge in [0.05, 0.1) is 12.2 Å². The first-order valence-electron chi connectivity index (χ1n) is 4.78. The Morgan fingerprint density at radius 1 is 1.47 bits per heavy atom. The summed E-state index contributed by atoms with van der Waals surface area (Å²) in [5.41, 5.74) is 0.563. The zero-order valence-corrected chi connectivity index (χ0v) is 8.56. The molecule has 0 aliphatic carbocycles. The van der Waals surface area contributed by atoms with Gasteiger partial charge in [0.2, 0.25) is 0 Å². The molecule has 0 heterocycles. The average molecular weight is 210 g/mol. The zero-order valence-electron chi connectivity index (χ0n) is 8.56. The van der Waals surface area contributed by atoms with E-state index in [1.807, 2.05) is 6.92 Å². The van der Waals surface area contributed by atoms with Gasteiger partial charge in [-0.3, -0.25) is 0 Å². The van der Waals surface area contributed by atoms with Crippen molar-refractivity contribution in [3.05, 3.63) is 29.3 Å². The van der Waals surface area contributed by atoms with E-state index in [2.05, 4.69) is 0 Å². The van der Waals surface area contributed by atoms with Gasteiger partial charge < -0.3 is 14.9 Å². The average Bonchev–Trinajstić information content (AvgIpc) is 2.20. The predicted octanol–water partition coefficient (Wildman–Crippen LogP) is 1.67. The van der Waals surface area contributed by atoms with Crippen LogP contribution in [-0.4, -0.2) is 29.4 Å². The lowest BCUT2D eigenvalue weighted by atomic mass is 10.0. The molecule has 0 radical (unpaired) electrons. The van der Waals surface area contributed by atoms with Gasteiger partial charge in [-0.2, -0.15) is 0 Å². The number of aromatic hydroxyl groups is 1. The molecule has 4 heteroatoms. The zero-order chi connectivity index (χ0) is 11.3. The molecule has 0 aromatic heterocycles. The molecule has 15 heavy (non-hydrogen) atoms. The van der Waals surface area contributed by atoms with Crippen molar-refractivity contribution in [2.75, 3.05) is 13.2 Å². The number of phenolic OH excluding ortho intramolecular Hbond substituents is 1. The number of benzene rings is 1. The van der Waals surface area contributed by atoms with Gasteiger partial charge in [0.15, 0.2) is 0 Å². The van der Waals surface area contributed by atoms with Crippen LogP contribution in [0.5, 0.6) is 5.75 Å². The second-order valence-electron chi connectivity index (χ2n) is 3.06. The standard InChI is InChI=1S/C11H14O4/c1-2-15-7-6-8-9(11(13)14)4-3-5-10(8)12/h3-5,12H,2,6-7H2,1H3,(H,13,14). The Balaban J connectivity index is 2.87. The highest BCUT2D eigenvalue weighted by atomic mass is 16.5. The van der Waals surface area contributed by atoms with Gasteiger partial charge in [-0.1, -0.05) is 6.07 Å². The summed E-state index contributed by atoms with van der Waals surface area (Å²) in [6, 6.07) is 4.47. The first kappa shape index (κ1) is 11.5. The minimum atomic E-state index is -1.03. The third-order valence-electron chi connectivity index (χ3n) is 2.08. The summed E-state index contributed by atoms with van der Waals surface area (Å²) >= 11 is 0. The monoisotopic (exact) mass is 210 g/mol. The highest BCUT2D eigenvalue weighted by molar-refractivity contribution is 5.90. The van der Waals surface area contributed by atoms with E-state index in [4.69, 9.17) is 9.84 Å². The van der Waals surface area contributed by atoms with Gasteiger partial charge in [-0.15, -0.1) is 0 Å². The van der Waals surface area contributed by atoms with Crippen LogP contribution in [0.4, 0.5) is 0 Å². The van der Waals surface area contributed by atoms with Crippen LogP contribution in [0.3, 0.4) is 0 Å². The number of phenols is 1. The Kier molecular flexibility index (Phi) is 4.12. The van der Waals surface area contributed by atoms with Crippen LogP contribution in [0.25, 0.3) is 0 Å². The molecule has 0 saturated heterocycles. The number of ether oxygens (including phenoxy) is 1. The van der Waals surface area contributed by atoms with Crippen LogP contribution in [-0.2, 0) is 11.2 Å². The van der Waals surface area contributed by atoms with Crippen molar-refractivity contribution >= 4 is 5.97 Å². The summed E-state index contributed by atoms with van der Waals surface area (Å²) in [5.74, 6) is -1.02. The van der Waals surface area contributed by atoms with E-state index >= 15 is 0 Å². The van der Waals surface area contributed by atoms with Gasteiger partial charge in [-0.05, 0) is 19.1 Å².